The minimum Gasteiger partial charge on any atom is -0.293 e. The van der Waals surface area contributed by atoms with Crippen molar-refractivity contribution in [1.82, 2.24) is 0 Å². The van der Waals surface area contributed by atoms with Crippen molar-refractivity contribution in [2.75, 3.05) is 0 Å². The van der Waals surface area contributed by atoms with Gasteiger partial charge in [0, 0.05) is 0 Å². The van der Waals surface area contributed by atoms with E-state index in [4.69, 9.17) is 9.78 Å². The summed E-state index contributed by atoms with van der Waals surface area (Å²) in [5, 5.41) is 0. The Morgan fingerprint density at radius 2 is 1.76 bits per heavy atom. The molecule has 0 radical (unpaired) electrons. The molecule has 1 unspecified atom stereocenters. The molecule has 118 valence electrons. The number of rotatable bonds is 10. The molecular weight excluding hydrogens is 264 g/mol. The summed E-state index contributed by atoms with van der Waals surface area (Å²) >= 11 is 0. The molecule has 0 spiro atoms. The lowest BCUT2D eigenvalue weighted by molar-refractivity contribution is -0.271. The van der Waals surface area contributed by atoms with Crippen LogP contribution in [0.15, 0.2) is 24.3 Å². The molecule has 3 nitrogen and oxygen atoms in total. The molecular formula is C18H28O3. The number of carbonyl (C=O) groups excluding carboxylic acids is 1. The van der Waals surface area contributed by atoms with Gasteiger partial charge in [0.15, 0.2) is 0 Å². The van der Waals surface area contributed by atoms with Gasteiger partial charge in [-0.05, 0) is 37.5 Å². The van der Waals surface area contributed by atoms with E-state index in [1.165, 1.54) is 24.8 Å². The van der Waals surface area contributed by atoms with Crippen LogP contribution in [-0.4, -0.2) is 12.1 Å². The largest absolute Gasteiger partial charge is 0.373 e. The van der Waals surface area contributed by atoms with Crippen LogP contribution < -0.4 is 0 Å². The first-order chi connectivity index (χ1) is 10.2. The second-order valence-electron chi connectivity index (χ2n) is 5.57. The fourth-order valence-corrected chi connectivity index (χ4v) is 2.18. The van der Waals surface area contributed by atoms with Crippen LogP contribution in [-0.2, 0) is 16.2 Å². The Morgan fingerprint density at radius 3 is 2.38 bits per heavy atom. The molecule has 0 saturated heterocycles. The first-order valence-corrected chi connectivity index (χ1v) is 8.14. The molecule has 21 heavy (non-hydrogen) atoms. The van der Waals surface area contributed by atoms with Gasteiger partial charge in [-0.15, -0.1) is 0 Å². The lowest BCUT2D eigenvalue weighted by Gasteiger charge is -2.11. The van der Waals surface area contributed by atoms with Gasteiger partial charge in [0.25, 0.3) is 0 Å². The monoisotopic (exact) mass is 292 g/mol. The van der Waals surface area contributed by atoms with Gasteiger partial charge >= 0.3 is 5.97 Å². The molecule has 0 aliphatic heterocycles. The highest BCUT2D eigenvalue weighted by Gasteiger charge is 2.11. The summed E-state index contributed by atoms with van der Waals surface area (Å²) < 4.78 is 0. The molecule has 0 heterocycles. The Morgan fingerprint density at radius 1 is 1.05 bits per heavy atom. The lowest BCUT2D eigenvalue weighted by atomic mass is 10.1. The zero-order valence-corrected chi connectivity index (χ0v) is 13.6. The van der Waals surface area contributed by atoms with Gasteiger partial charge in [-0.1, -0.05) is 58.1 Å². The molecule has 0 aromatic heterocycles. The van der Waals surface area contributed by atoms with Gasteiger partial charge < -0.3 is 0 Å². The molecule has 0 fully saturated rings. The van der Waals surface area contributed by atoms with E-state index in [1.807, 2.05) is 19.1 Å². The Kier molecular flexibility index (Phi) is 8.76. The maximum absolute atomic E-state index is 11.8. The van der Waals surface area contributed by atoms with Crippen molar-refractivity contribution in [2.24, 2.45) is 0 Å². The van der Waals surface area contributed by atoms with Crippen molar-refractivity contribution < 1.29 is 14.6 Å². The Hall–Kier alpha value is -1.35. The van der Waals surface area contributed by atoms with Crippen molar-refractivity contribution in [1.29, 1.82) is 0 Å². The van der Waals surface area contributed by atoms with E-state index in [0.717, 1.165) is 25.7 Å². The van der Waals surface area contributed by atoms with Crippen molar-refractivity contribution in [3.05, 3.63) is 35.4 Å². The number of benzene rings is 1. The van der Waals surface area contributed by atoms with Crippen LogP contribution in [0.2, 0.25) is 0 Å². The highest BCUT2D eigenvalue weighted by Crippen LogP contribution is 2.11. The van der Waals surface area contributed by atoms with E-state index in [0.29, 0.717) is 5.56 Å². The maximum Gasteiger partial charge on any atom is 0.373 e. The number of hydrogen-bond acceptors (Lipinski definition) is 3. The average molecular weight is 292 g/mol. The van der Waals surface area contributed by atoms with E-state index in [1.54, 1.807) is 12.1 Å². The summed E-state index contributed by atoms with van der Waals surface area (Å²) in [7, 11) is 0. The number of aryl methyl sites for hydroxylation is 1. The molecule has 0 bridgehead atoms. The highest BCUT2D eigenvalue weighted by atomic mass is 17.2. The first-order valence-electron chi connectivity index (χ1n) is 8.14. The molecule has 0 saturated carbocycles. The lowest BCUT2D eigenvalue weighted by Crippen LogP contribution is -2.13. The van der Waals surface area contributed by atoms with E-state index >= 15 is 0 Å². The van der Waals surface area contributed by atoms with Crippen molar-refractivity contribution >= 4 is 5.97 Å². The van der Waals surface area contributed by atoms with Crippen LogP contribution in [0.25, 0.3) is 0 Å². The fourth-order valence-electron chi connectivity index (χ4n) is 2.18. The average Bonchev–Trinajstić information content (AvgIpc) is 2.50. The summed E-state index contributed by atoms with van der Waals surface area (Å²) in [4.78, 5) is 21.9. The number of unbranched alkanes of at least 4 members (excludes halogenated alkanes) is 3. The van der Waals surface area contributed by atoms with Gasteiger partial charge in [-0.3, -0.25) is 4.89 Å². The van der Waals surface area contributed by atoms with Crippen LogP contribution in [0.4, 0.5) is 0 Å². The minimum absolute atomic E-state index is 0.0508. The second-order valence-corrected chi connectivity index (χ2v) is 5.57. The van der Waals surface area contributed by atoms with E-state index < -0.39 is 5.97 Å². The zero-order chi connectivity index (χ0) is 15.5. The van der Waals surface area contributed by atoms with E-state index in [9.17, 15) is 4.79 Å². The summed E-state index contributed by atoms with van der Waals surface area (Å²) in [6.45, 7) is 6.26. The third-order valence-electron chi connectivity index (χ3n) is 3.48. The van der Waals surface area contributed by atoms with Gasteiger partial charge in [-0.25, -0.2) is 4.79 Å². The van der Waals surface area contributed by atoms with Gasteiger partial charge in [0.05, 0.1) is 5.56 Å². The summed E-state index contributed by atoms with van der Waals surface area (Å²) in [5.74, 6) is -0.418. The highest BCUT2D eigenvalue weighted by molar-refractivity contribution is 5.88. The standard InChI is InChI=1S/C18H28O3/c1-4-6-7-8-10-15(3)20-21-18(19)17-13-11-16(9-5-2)12-14-17/h11-15H,4-10H2,1-3H3. The third kappa shape index (κ3) is 7.28. The second kappa shape index (κ2) is 10.4. The van der Waals surface area contributed by atoms with Gasteiger partial charge in [0.1, 0.15) is 6.10 Å². The van der Waals surface area contributed by atoms with Crippen LogP contribution in [0.5, 0.6) is 0 Å². The SMILES string of the molecule is CCCCCCC(C)OOC(=O)c1ccc(CCC)cc1. The molecule has 1 atom stereocenters. The van der Waals surface area contributed by atoms with Crippen molar-refractivity contribution in [3.63, 3.8) is 0 Å². The molecule has 3 heteroatoms. The fraction of sp³-hybridized carbons (Fsp3) is 0.611. The molecule has 1 rings (SSSR count). The van der Waals surface area contributed by atoms with E-state index in [-0.39, 0.29) is 6.10 Å². The first kappa shape index (κ1) is 17.7. The predicted molar refractivity (Wildman–Crippen MR) is 85.2 cm³/mol. The molecule has 0 N–H and O–H groups in total. The Balaban J connectivity index is 2.29. The molecule has 0 aliphatic carbocycles. The Labute approximate surface area is 128 Å². The summed E-state index contributed by atoms with van der Waals surface area (Å²) in [5.41, 5.74) is 1.77. The molecule has 1 aromatic carbocycles. The summed E-state index contributed by atoms with van der Waals surface area (Å²) in [6.07, 6.45) is 7.78. The van der Waals surface area contributed by atoms with Gasteiger partial charge in [-0.2, -0.15) is 4.89 Å². The topological polar surface area (TPSA) is 35.5 Å². The van der Waals surface area contributed by atoms with Gasteiger partial charge in [0.2, 0.25) is 0 Å². The number of hydrogen-bond donors (Lipinski definition) is 0. The zero-order valence-electron chi connectivity index (χ0n) is 13.6. The van der Waals surface area contributed by atoms with Crippen LogP contribution in [0.1, 0.15) is 75.2 Å². The molecule has 0 amide bonds. The smallest absolute Gasteiger partial charge is 0.293 e. The Bertz CT molecular complexity index is 397. The third-order valence-corrected chi connectivity index (χ3v) is 3.48. The molecule has 0 aliphatic rings. The number of carbonyl (C=O) groups is 1. The van der Waals surface area contributed by atoms with E-state index in [2.05, 4.69) is 13.8 Å². The molecule has 1 aromatic rings. The van der Waals surface area contributed by atoms with Crippen LogP contribution in [0, 0.1) is 0 Å². The summed E-state index contributed by atoms with van der Waals surface area (Å²) in [6, 6.07) is 7.52. The minimum atomic E-state index is -0.418. The quantitative estimate of drug-likeness (QED) is 0.342. The van der Waals surface area contributed by atoms with Crippen molar-refractivity contribution in [2.45, 2.75) is 71.8 Å². The van der Waals surface area contributed by atoms with Crippen LogP contribution in [0.3, 0.4) is 0 Å². The van der Waals surface area contributed by atoms with Crippen molar-refractivity contribution in [3.8, 4) is 0 Å². The predicted octanol–water partition coefficient (Wildman–Crippen LogP) is 5.09. The van der Waals surface area contributed by atoms with Crippen LogP contribution >= 0.6 is 0 Å². The maximum atomic E-state index is 11.8. The normalized spacial score (nSPS) is 12.1.